The van der Waals surface area contributed by atoms with Crippen molar-refractivity contribution in [3.63, 3.8) is 0 Å². The number of sulfonamides is 1. The predicted octanol–water partition coefficient (Wildman–Crippen LogP) is 0.398. The number of urea groups is 1. The molecule has 142 valence electrons. The summed E-state index contributed by atoms with van der Waals surface area (Å²) in [6.07, 6.45) is 3.66. The van der Waals surface area contributed by atoms with Crippen LogP contribution in [0.3, 0.4) is 0 Å². The molecule has 2 rings (SSSR count). The molecule has 1 saturated carbocycles. The van der Waals surface area contributed by atoms with E-state index < -0.39 is 50.8 Å². The van der Waals surface area contributed by atoms with Gasteiger partial charge in [0, 0.05) is 6.04 Å². The van der Waals surface area contributed by atoms with Crippen molar-refractivity contribution < 1.29 is 31.9 Å². The number of nitrogens with one attached hydrogen (secondary N) is 2. The van der Waals surface area contributed by atoms with E-state index in [0.29, 0.717) is 6.07 Å². The van der Waals surface area contributed by atoms with Crippen molar-refractivity contribution in [1.82, 2.24) is 10.6 Å². The van der Waals surface area contributed by atoms with Crippen molar-refractivity contribution in [1.29, 1.82) is 0 Å². The maximum atomic E-state index is 13.7. The van der Waals surface area contributed by atoms with Gasteiger partial charge in [0.2, 0.25) is 10.0 Å². The first-order valence-electron chi connectivity index (χ1n) is 7.76. The van der Waals surface area contributed by atoms with Crippen LogP contribution in [0.4, 0.5) is 9.18 Å². The molecule has 0 bridgehead atoms. The van der Waals surface area contributed by atoms with Crippen LogP contribution in [0, 0.1) is 5.82 Å². The molecule has 1 fully saturated rings. The number of hydrogen-bond donors (Lipinski definition) is 3. The van der Waals surface area contributed by atoms with Crippen LogP contribution in [0.1, 0.15) is 36.0 Å². The lowest BCUT2D eigenvalue weighted by Crippen LogP contribution is -2.45. The molecular formula is C15H18FN3O6S. The zero-order valence-corrected chi connectivity index (χ0v) is 14.5. The summed E-state index contributed by atoms with van der Waals surface area (Å²) in [5.74, 6) is -3.21. The Morgan fingerprint density at radius 3 is 2.50 bits per heavy atom. The van der Waals surface area contributed by atoms with E-state index in [1.165, 1.54) is 0 Å². The molecule has 0 aliphatic heterocycles. The van der Waals surface area contributed by atoms with Gasteiger partial charge >= 0.3 is 12.0 Å². The lowest BCUT2D eigenvalue weighted by molar-refractivity contribution is -0.123. The lowest BCUT2D eigenvalue weighted by atomic mass is 10.2. The number of rotatable bonds is 5. The number of nitrogens with two attached hydrogens (primary N) is 1. The average molecular weight is 387 g/mol. The molecule has 26 heavy (non-hydrogen) atoms. The predicted molar refractivity (Wildman–Crippen MR) is 87.0 cm³/mol. The Kier molecular flexibility index (Phi) is 6.27. The topological polar surface area (TPSA) is 145 Å². The van der Waals surface area contributed by atoms with Gasteiger partial charge in [-0.1, -0.05) is 12.8 Å². The highest BCUT2D eigenvalue weighted by Crippen LogP contribution is 2.17. The number of imide groups is 1. The molecule has 0 radical (unpaired) electrons. The standard InChI is InChI=1S/C15H18FN3O6S/c16-12-6-5-10(26(17,23)24)7-11(12)14(21)25-8-13(20)19-15(22)18-9-3-1-2-4-9/h5-7,9H,1-4,8H2,(H2,17,23,24)(H2,18,19,20,22). The first-order chi connectivity index (χ1) is 12.2. The number of esters is 1. The molecule has 1 aliphatic rings. The summed E-state index contributed by atoms with van der Waals surface area (Å²) < 4.78 is 40.8. The zero-order chi connectivity index (χ0) is 19.3. The van der Waals surface area contributed by atoms with E-state index in [0.717, 1.165) is 37.8 Å². The molecule has 1 aromatic rings. The van der Waals surface area contributed by atoms with Gasteiger partial charge in [-0.05, 0) is 31.0 Å². The summed E-state index contributed by atoms with van der Waals surface area (Å²) in [7, 11) is -4.14. The van der Waals surface area contributed by atoms with Gasteiger partial charge in [0.25, 0.3) is 5.91 Å². The number of ether oxygens (including phenoxy) is 1. The van der Waals surface area contributed by atoms with Crippen LogP contribution in [-0.4, -0.2) is 39.0 Å². The third-order valence-corrected chi connectivity index (χ3v) is 4.67. The lowest BCUT2D eigenvalue weighted by Gasteiger charge is -2.12. The van der Waals surface area contributed by atoms with E-state index in [1.54, 1.807) is 0 Å². The van der Waals surface area contributed by atoms with Crippen LogP contribution in [0.15, 0.2) is 23.1 Å². The molecule has 0 atom stereocenters. The Hall–Kier alpha value is -2.53. The first kappa shape index (κ1) is 19.8. The van der Waals surface area contributed by atoms with Crippen LogP contribution in [0.5, 0.6) is 0 Å². The normalized spacial score (nSPS) is 14.7. The smallest absolute Gasteiger partial charge is 0.341 e. The largest absolute Gasteiger partial charge is 0.452 e. The van der Waals surface area contributed by atoms with E-state index in [-0.39, 0.29) is 6.04 Å². The number of carbonyl (C=O) groups excluding carboxylic acids is 3. The molecule has 0 heterocycles. The van der Waals surface area contributed by atoms with E-state index >= 15 is 0 Å². The number of primary sulfonamides is 1. The molecule has 0 spiro atoms. The summed E-state index contributed by atoms with van der Waals surface area (Å²) in [6.45, 7) is -0.837. The summed E-state index contributed by atoms with van der Waals surface area (Å²) >= 11 is 0. The molecule has 0 saturated heterocycles. The summed E-state index contributed by atoms with van der Waals surface area (Å²) in [5.41, 5.74) is -0.695. The number of carbonyl (C=O) groups is 3. The highest BCUT2D eigenvalue weighted by molar-refractivity contribution is 7.89. The van der Waals surface area contributed by atoms with Crippen molar-refractivity contribution in [2.45, 2.75) is 36.6 Å². The van der Waals surface area contributed by atoms with E-state index in [9.17, 15) is 27.2 Å². The van der Waals surface area contributed by atoms with Gasteiger partial charge in [-0.15, -0.1) is 0 Å². The molecule has 4 N–H and O–H groups in total. The summed E-state index contributed by atoms with van der Waals surface area (Å²) in [6, 6.07) is 1.63. The van der Waals surface area contributed by atoms with E-state index in [2.05, 4.69) is 10.1 Å². The SMILES string of the molecule is NS(=O)(=O)c1ccc(F)c(C(=O)OCC(=O)NC(=O)NC2CCCC2)c1. The second-order valence-electron chi connectivity index (χ2n) is 5.77. The number of hydrogen-bond acceptors (Lipinski definition) is 6. The van der Waals surface area contributed by atoms with Crippen LogP contribution in [0.2, 0.25) is 0 Å². The number of halogens is 1. The van der Waals surface area contributed by atoms with Crippen molar-refractivity contribution in [2.24, 2.45) is 5.14 Å². The summed E-state index contributed by atoms with van der Waals surface area (Å²) in [4.78, 5) is 34.6. The monoisotopic (exact) mass is 387 g/mol. The third-order valence-electron chi connectivity index (χ3n) is 3.76. The molecule has 1 aliphatic carbocycles. The van der Waals surface area contributed by atoms with E-state index in [4.69, 9.17) is 5.14 Å². The minimum atomic E-state index is -4.14. The Labute approximate surface area is 149 Å². The van der Waals surface area contributed by atoms with Crippen molar-refractivity contribution >= 4 is 27.9 Å². The third kappa shape index (κ3) is 5.49. The molecular weight excluding hydrogens is 369 g/mol. The first-order valence-corrected chi connectivity index (χ1v) is 9.31. The fourth-order valence-corrected chi connectivity index (χ4v) is 3.04. The van der Waals surface area contributed by atoms with Crippen molar-refractivity contribution in [3.05, 3.63) is 29.6 Å². The number of benzene rings is 1. The van der Waals surface area contributed by atoms with Gasteiger partial charge in [-0.2, -0.15) is 0 Å². The van der Waals surface area contributed by atoms with Crippen molar-refractivity contribution in [3.8, 4) is 0 Å². The van der Waals surface area contributed by atoms with Crippen LogP contribution in [-0.2, 0) is 19.6 Å². The van der Waals surface area contributed by atoms with Crippen LogP contribution < -0.4 is 15.8 Å². The average Bonchev–Trinajstić information content (AvgIpc) is 3.04. The minimum absolute atomic E-state index is 0.000368. The van der Waals surface area contributed by atoms with Crippen LogP contribution in [0.25, 0.3) is 0 Å². The molecule has 11 heteroatoms. The molecule has 1 aromatic carbocycles. The second-order valence-corrected chi connectivity index (χ2v) is 7.33. The Morgan fingerprint density at radius 1 is 1.23 bits per heavy atom. The highest BCUT2D eigenvalue weighted by atomic mass is 32.2. The molecule has 0 unspecified atom stereocenters. The fourth-order valence-electron chi connectivity index (χ4n) is 2.50. The molecule has 3 amide bonds. The van der Waals surface area contributed by atoms with Gasteiger partial charge < -0.3 is 10.1 Å². The summed E-state index contributed by atoms with van der Waals surface area (Å²) in [5, 5.41) is 9.51. The van der Waals surface area contributed by atoms with Crippen LogP contribution >= 0.6 is 0 Å². The maximum Gasteiger partial charge on any atom is 0.341 e. The maximum absolute atomic E-state index is 13.7. The highest BCUT2D eigenvalue weighted by Gasteiger charge is 2.21. The van der Waals surface area contributed by atoms with Gasteiger partial charge in [0.15, 0.2) is 6.61 Å². The Balaban J connectivity index is 1.89. The fraction of sp³-hybridized carbons (Fsp3) is 0.400. The molecule has 9 nitrogen and oxygen atoms in total. The quantitative estimate of drug-likeness (QED) is 0.624. The Morgan fingerprint density at radius 2 is 1.88 bits per heavy atom. The second kappa shape index (κ2) is 8.23. The van der Waals surface area contributed by atoms with Gasteiger partial charge in [-0.3, -0.25) is 10.1 Å². The van der Waals surface area contributed by atoms with E-state index in [1.807, 2.05) is 5.32 Å². The number of amides is 3. The van der Waals surface area contributed by atoms with Gasteiger partial charge in [-0.25, -0.2) is 27.5 Å². The minimum Gasteiger partial charge on any atom is -0.452 e. The van der Waals surface area contributed by atoms with Crippen molar-refractivity contribution in [2.75, 3.05) is 6.61 Å². The Bertz CT molecular complexity index is 821. The van der Waals surface area contributed by atoms with Gasteiger partial charge in [0.05, 0.1) is 10.5 Å². The zero-order valence-electron chi connectivity index (χ0n) is 13.7. The van der Waals surface area contributed by atoms with Gasteiger partial charge in [0.1, 0.15) is 5.82 Å². The molecule has 0 aromatic heterocycles.